The molecule has 2 aliphatic heterocycles. The quantitative estimate of drug-likeness (QED) is 0.447. The van der Waals surface area contributed by atoms with Crippen molar-refractivity contribution in [1.29, 1.82) is 0 Å². The van der Waals surface area contributed by atoms with Crippen LogP contribution in [0.15, 0.2) is 42.7 Å². The standard InChI is InChI=1S/C26H30F3N5O2S/c1-17-14-33(24-31-22-4-3-20(26(27,28)29)13-23(22)37-24)15-18(2)34(17)25(35)36-21-7-11-32(12-8-21)16-19-5-9-30-10-6-19/h3-6,9-10,13,17-18,21H,7-8,11-12,14-16H2,1-2H3/t17-,18+. The molecular formula is C26H30F3N5O2S. The van der Waals surface area contributed by atoms with Gasteiger partial charge < -0.3 is 9.64 Å². The number of halogens is 3. The molecule has 2 saturated heterocycles. The van der Waals surface area contributed by atoms with E-state index in [1.54, 1.807) is 17.3 Å². The highest BCUT2D eigenvalue weighted by atomic mass is 32.1. The summed E-state index contributed by atoms with van der Waals surface area (Å²) < 4.78 is 45.7. The van der Waals surface area contributed by atoms with Crippen molar-refractivity contribution in [3.63, 3.8) is 0 Å². The zero-order valence-corrected chi connectivity index (χ0v) is 21.6. The van der Waals surface area contributed by atoms with Gasteiger partial charge in [-0.25, -0.2) is 9.78 Å². The number of rotatable bonds is 4. The van der Waals surface area contributed by atoms with Gasteiger partial charge in [0.15, 0.2) is 5.13 Å². The van der Waals surface area contributed by atoms with E-state index < -0.39 is 11.7 Å². The average molecular weight is 534 g/mol. The Kier molecular flexibility index (Phi) is 7.26. The Morgan fingerprint density at radius 1 is 1.08 bits per heavy atom. The Hall–Kier alpha value is -2.92. The van der Waals surface area contributed by atoms with Crippen molar-refractivity contribution in [2.75, 3.05) is 31.1 Å². The van der Waals surface area contributed by atoms with Crippen LogP contribution in [0.3, 0.4) is 0 Å². The average Bonchev–Trinajstić information content (AvgIpc) is 3.29. The number of hydrogen-bond donors (Lipinski definition) is 0. The Labute approximate surface area is 217 Å². The highest BCUT2D eigenvalue weighted by molar-refractivity contribution is 7.22. The van der Waals surface area contributed by atoms with Gasteiger partial charge in [-0.15, -0.1) is 0 Å². The van der Waals surface area contributed by atoms with Gasteiger partial charge >= 0.3 is 12.3 Å². The summed E-state index contributed by atoms with van der Waals surface area (Å²) in [5.74, 6) is 0. The lowest BCUT2D eigenvalue weighted by atomic mass is 10.1. The van der Waals surface area contributed by atoms with E-state index in [0.717, 1.165) is 44.6 Å². The third-order valence-electron chi connectivity index (χ3n) is 7.06. The molecule has 0 spiro atoms. The third-order valence-corrected chi connectivity index (χ3v) is 8.14. The molecule has 2 aliphatic rings. The molecule has 5 rings (SSSR count). The van der Waals surface area contributed by atoms with E-state index in [0.29, 0.717) is 28.4 Å². The van der Waals surface area contributed by atoms with Crippen LogP contribution in [0.25, 0.3) is 10.2 Å². The molecule has 11 heteroatoms. The molecule has 1 amide bonds. The van der Waals surface area contributed by atoms with Crippen LogP contribution in [0.5, 0.6) is 0 Å². The van der Waals surface area contributed by atoms with E-state index in [4.69, 9.17) is 4.74 Å². The molecule has 0 saturated carbocycles. The maximum absolute atomic E-state index is 13.1. The van der Waals surface area contributed by atoms with Gasteiger partial charge in [0.1, 0.15) is 6.10 Å². The number of alkyl halides is 3. The molecule has 198 valence electrons. The maximum atomic E-state index is 13.1. The van der Waals surface area contributed by atoms with Crippen molar-refractivity contribution in [3.8, 4) is 0 Å². The van der Waals surface area contributed by atoms with Crippen LogP contribution < -0.4 is 4.90 Å². The van der Waals surface area contributed by atoms with Crippen LogP contribution in [0.1, 0.15) is 37.8 Å². The summed E-state index contributed by atoms with van der Waals surface area (Å²) in [5.41, 5.74) is 1.10. The highest BCUT2D eigenvalue weighted by Gasteiger charge is 2.37. The van der Waals surface area contributed by atoms with Gasteiger partial charge in [0.2, 0.25) is 0 Å². The molecule has 37 heavy (non-hydrogen) atoms. The second-order valence-corrected chi connectivity index (χ2v) is 10.9. The number of piperidine rings is 1. The Morgan fingerprint density at radius 3 is 2.41 bits per heavy atom. The fourth-order valence-electron chi connectivity index (χ4n) is 5.20. The number of carbonyl (C=O) groups excluding carboxylic acids is 1. The summed E-state index contributed by atoms with van der Waals surface area (Å²) in [6.07, 6.45) is 0.399. The molecule has 2 aromatic heterocycles. The van der Waals surface area contributed by atoms with E-state index >= 15 is 0 Å². The zero-order chi connectivity index (χ0) is 26.2. The minimum Gasteiger partial charge on any atom is -0.446 e. The lowest BCUT2D eigenvalue weighted by molar-refractivity contribution is -0.137. The summed E-state index contributed by atoms with van der Waals surface area (Å²) in [5, 5.41) is 0.669. The molecular weight excluding hydrogens is 503 g/mol. The number of fused-ring (bicyclic) bond motifs is 1. The normalized spacial score (nSPS) is 22.0. The van der Waals surface area contributed by atoms with Crippen LogP contribution in [0, 0.1) is 0 Å². The van der Waals surface area contributed by atoms with Crippen molar-refractivity contribution >= 4 is 32.8 Å². The van der Waals surface area contributed by atoms with Crippen LogP contribution in [-0.4, -0.2) is 70.2 Å². The number of nitrogens with zero attached hydrogens (tertiary/aromatic N) is 5. The number of amides is 1. The van der Waals surface area contributed by atoms with Gasteiger partial charge in [-0.05, 0) is 62.6 Å². The first-order valence-corrected chi connectivity index (χ1v) is 13.3. The lowest BCUT2D eigenvalue weighted by Gasteiger charge is -2.44. The summed E-state index contributed by atoms with van der Waals surface area (Å²) in [7, 11) is 0. The van der Waals surface area contributed by atoms with Gasteiger partial charge in [0, 0.05) is 45.1 Å². The fourth-order valence-corrected chi connectivity index (χ4v) is 6.22. The largest absolute Gasteiger partial charge is 0.446 e. The molecule has 0 aliphatic carbocycles. The first kappa shape index (κ1) is 25.7. The van der Waals surface area contributed by atoms with E-state index in [1.807, 2.05) is 26.0 Å². The zero-order valence-electron chi connectivity index (χ0n) is 20.8. The maximum Gasteiger partial charge on any atom is 0.416 e. The SMILES string of the molecule is C[C@@H]1CN(c2nc3ccc(C(F)(F)F)cc3s2)C[C@H](C)N1C(=O)OC1CCN(Cc2ccncc2)CC1. The number of carbonyl (C=O) groups is 1. The Morgan fingerprint density at radius 2 is 1.76 bits per heavy atom. The van der Waals surface area contributed by atoms with Crippen molar-refractivity contribution < 1.29 is 22.7 Å². The molecule has 2 atom stereocenters. The minimum atomic E-state index is -4.39. The number of anilines is 1. The van der Waals surface area contributed by atoms with E-state index in [1.165, 1.54) is 23.0 Å². The molecule has 7 nitrogen and oxygen atoms in total. The molecule has 0 radical (unpaired) electrons. The summed E-state index contributed by atoms with van der Waals surface area (Å²) in [6.45, 7) is 7.61. The van der Waals surface area contributed by atoms with Gasteiger partial charge in [0.25, 0.3) is 0 Å². The number of piperazine rings is 1. The van der Waals surface area contributed by atoms with Gasteiger partial charge in [-0.3, -0.25) is 14.8 Å². The van der Waals surface area contributed by atoms with E-state index in [2.05, 4.69) is 19.8 Å². The van der Waals surface area contributed by atoms with Gasteiger partial charge in [0.05, 0.1) is 27.9 Å². The summed E-state index contributed by atoms with van der Waals surface area (Å²) in [6, 6.07) is 7.42. The monoisotopic (exact) mass is 533 g/mol. The molecule has 2 fully saturated rings. The number of benzene rings is 1. The van der Waals surface area contributed by atoms with Crippen molar-refractivity contribution in [2.24, 2.45) is 0 Å². The van der Waals surface area contributed by atoms with Crippen LogP contribution in [-0.2, 0) is 17.5 Å². The predicted molar refractivity (Wildman–Crippen MR) is 137 cm³/mol. The number of thiazole rings is 1. The first-order valence-electron chi connectivity index (χ1n) is 12.5. The minimum absolute atomic E-state index is 0.106. The molecule has 0 bridgehead atoms. The molecule has 0 unspecified atom stereocenters. The Bertz CT molecular complexity index is 1220. The number of hydrogen-bond acceptors (Lipinski definition) is 7. The second-order valence-electron chi connectivity index (χ2n) is 9.90. The second kappa shape index (κ2) is 10.4. The predicted octanol–water partition coefficient (Wildman–Crippen LogP) is 5.41. The number of aromatic nitrogens is 2. The van der Waals surface area contributed by atoms with Crippen LogP contribution >= 0.6 is 11.3 Å². The summed E-state index contributed by atoms with van der Waals surface area (Å²) in [4.78, 5) is 27.9. The lowest BCUT2D eigenvalue weighted by Crippen LogP contribution is -2.59. The molecule has 0 N–H and O–H groups in total. The number of pyridine rings is 1. The van der Waals surface area contributed by atoms with E-state index in [-0.39, 0.29) is 24.3 Å². The van der Waals surface area contributed by atoms with Crippen molar-refractivity contribution in [2.45, 2.75) is 57.6 Å². The molecule has 3 aromatic rings. The smallest absolute Gasteiger partial charge is 0.416 e. The van der Waals surface area contributed by atoms with Crippen LogP contribution in [0.4, 0.5) is 23.1 Å². The topological polar surface area (TPSA) is 61.8 Å². The number of likely N-dealkylation sites (tertiary alicyclic amines) is 1. The fraction of sp³-hybridized carbons (Fsp3) is 0.500. The molecule has 1 aromatic carbocycles. The van der Waals surface area contributed by atoms with Crippen LogP contribution in [0.2, 0.25) is 0 Å². The third kappa shape index (κ3) is 5.82. The van der Waals surface area contributed by atoms with E-state index in [9.17, 15) is 18.0 Å². The van der Waals surface area contributed by atoms with Crippen molar-refractivity contribution in [1.82, 2.24) is 19.8 Å². The molecule has 4 heterocycles. The first-order chi connectivity index (χ1) is 17.7. The van der Waals surface area contributed by atoms with Gasteiger partial charge in [-0.2, -0.15) is 13.2 Å². The van der Waals surface area contributed by atoms with Gasteiger partial charge in [-0.1, -0.05) is 11.3 Å². The highest BCUT2D eigenvalue weighted by Crippen LogP contribution is 2.36. The summed E-state index contributed by atoms with van der Waals surface area (Å²) >= 11 is 1.25. The number of ether oxygens (including phenoxy) is 1. The van der Waals surface area contributed by atoms with Crippen molar-refractivity contribution in [3.05, 3.63) is 53.9 Å². The Balaban J connectivity index is 1.16.